The summed E-state index contributed by atoms with van der Waals surface area (Å²) in [4.78, 5) is 51.5. The summed E-state index contributed by atoms with van der Waals surface area (Å²) >= 11 is 0. The Kier molecular flexibility index (Phi) is 7.05. The molecule has 0 unspecified atom stereocenters. The number of hydrogen-bond donors (Lipinski definition) is 2. The molecule has 0 heterocycles. The van der Waals surface area contributed by atoms with Gasteiger partial charge in [0.25, 0.3) is 0 Å². The number of hydrogen-bond acceptors (Lipinski definition) is 8. The van der Waals surface area contributed by atoms with Crippen LogP contribution in [0, 0.1) is 13.8 Å². The fraction of sp³-hybridized carbons (Fsp3) is 0.200. The maximum Gasteiger partial charge on any atom is 0.386 e. The van der Waals surface area contributed by atoms with Crippen LogP contribution in [-0.4, -0.2) is 46.4 Å². The van der Waals surface area contributed by atoms with Crippen LogP contribution in [0.2, 0.25) is 0 Å². The molecule has 0 fully saturated rings. The Bertz CT molecular complexity index is 901. The van der Waals surface area contributed by atoms with Crippen molar-refractivity contribution >= 4 is 23.9 Å². The van der Waals surface area contributed by atoms with Crippen LogP contribution in [0.5, 0.6) is 0 Å². The molecule has 29 heavy (non-hydrogen) atoms. The first-order chi connectivity index (χ1) is 13.7. The molecule has 0 aliphatic heterocycles. The van der Waals surface area contributed by atoms with Crippen molar-refractivity contribution < 1.29 is 43.9 Å². The third-order valence-electron chi connectivity index (χ3n) is 3.88. The van der Waals surface area contributed by atoms with E-state index < -0.39 is 36.1 Å². The molecule has 2 N–H and O–H groups in total. The average Bonchev–Trinajstić information content (AvgIpc) is 2.70. The summed E-state index contributed by atoms with van der Waals surface area (Å²) in [5, 5.41) is 18.1. The monoisotopic (exact) mass is 402 g/mol. The zero-order valence-electron chi connectivity index (χ0n) is 15.5. The number of esters is 2. The van der Waals surface area contributed by atoms with Crippen LogP contribution < -0.4 is 0 Å². The van der Waals surface area contributed by atoms with Crippen molar-refractivity contribution in [1.29, 1.82) is 0 Å². The van der Waals surface area contributed by atoms with Crippen LogP contribution in [0.25, 0.3) is 0 Å². The van der Waals surface area contributed by atoms with Crippen LogP contribution in [0.1, 0.15) is 31.8 Å². The summed E-state index contributed by atoms with van der Waals surface area (Å²) < 4.78 is 9.73. The Balaban J connectivity index is 2.25. The van der Waals surface area contributed by atoms with E-state index in [2.05, 4.69) is 4.89 Å². The van der Waals surface area contributed by atoms with Gasteiger partial charge in [0.2, 0.25) is 12.2 Å². The molecule has 9 heteroatoms. The molecule has 2 rings (SSSR count). The predicted molar refractivity (Wildman–Crippen MR) is 97.1 cm³/mol. The van der Waals surface area contributed by atoms with Gasteiger partial charge in [0.15, 0.2) is 0 Å². The molecular formula is C20H18O9. The molecule has 0 aliphatic rings. The third kappa shape index (κ3) is 5.63. The molecule has 2 aromatic rings. The second-order valence-electron chi connectivity index (χ2n) is 6.13. The normalized spacial score (nSPS) is 12.4. The molecule has 0 radical (unpaired) electrons. The summed E-state index contributed by atoms with van der Waals surface area (Å²) in [6.45, 7) is 3.57. The first-order valence-electron chi connectivity index (χ1n) is 8.36. The van der Waals surface area contributed by atoms with E-state index in [1.807, 2.05) is 0 Å². The molecule has 0 aromatic heterocycles. The number of aliphatic carboxylic acids is 1. The summed E-state index contributed by atoms with van der Waals surface area (Å²) in [6.07, 6.45) is -4.49. The van der Waals surface area contributed by atoms with E-state index in [1.54, 1.807) is 38.1 Å². The van der Waals surface area contributed by atoms with E-state index in [1.165, 1.54) is 24.3 Å². The van der Waals surface area contributed by atoms with E-state index >= 15 is 0 Å². The smallest absolute Gasteiger partial charge is 0.386 e. The lowest BCUT2D eigenvalue weighted by molar-refractivity contribution is -0.246. The Labute approximate surface area is 165 Å². The lowest BCUT2D eigenvalue weighted by atomic mass is 10.1. The van der Waals surface area contributed by atoms with Crippen LogP contribution in [-0.2, 0) is 24.0 Å². The van der Waals surface area contributed by atoms with Gasteiger partial charge in [-0.2, -0.15) is 5.26 Å². The Morgan fingerprint density at radius 2 is 1.10 bits per heavy atom. The van der Waals surface area contributed by atoms with Crippen LogP contribution in [0.3, 0.4) is 0 Å². The topological polar surface area (TPSA) is 136 Å². The molecule has 2 atom stereocenters. The van der Waals surface area contributed by atoms with E-state index in [-0.39, 0.29) is 11.1 Å². The molecular weight excluding hydrogens is 384 g/mol. The fourth-order valence-corrected chi connectivity index (χ4v) is 2.27. The van der Waals surface area contributed by atoms with Crippen LogP contribution >= 0.6 is 0 Å². The van der Waals surface area contributed by atoms with Crippen molar-refractivity contribution in [1.82, 2.24) is 0 Å². The van der Waals surface area contributed by atoms with Gasteiger partial charge >= 0.3 is 23.9 Å². The lowest BCUT2D eigenvalue weighted by Gasteiger charge is -2.21. The minimum Gasteiger partial charge on any atom is -0.478 e. The first-order valence-corrected chi connectivity index (χ1v) is 8.36. The molecule has 9 nitrogen and oxygen atoms in total. The van der Waals surface area contributed by atoms with Gasteiger partial charge in [0, 0.05) is 0 Å². The largest absolute Gasteiger partial charge is 0.478 e. The number of carboxylic acids is 1. The van der Waals surface area contributed by atoms with Crippen molar-refractivity contribution in [2.75, 3.05) is 0 Å². The Hall–Kier alpha value is -3.72. The first kappa shape index (κ1) is 21.6. The van der Waals surface area contributed by atoms with Gasteiger partial charge in [-0.05, 0) is 38.1 Å². The van der Waals surface area contributed by atoms with Crippen molar-refractivity contribution in [2.24, 2.45) is 0 Å². The quantitative estimate of drug-likeness (QED) is 0.309. The number of aryl methyl sites for hydroxylation is 2. The zero-order valence-corrected chi connectivity index (χ0v) is 15.5. The standard InChI is InChI=1S/C20H18O9/c1-11-3-7-13(8-4-11)18(23)27-15(17(21)22)16(20(25)29-26)28-19(24)14-9-5-12(2)6-10-14/h3-10,15-16,26H,1-2H3,(H,21,22)/t15-,16-/m1/s1. The second kappa shape index (κ2) is 9.47. The number of carboxylic acid groups (broad SMARTS) is 1. The van der Waals surface area contributed by atoms with Gasteiger partial charge in [-0.15, -0.1) is 0 Å². The minimum atomic E-state index is -2.25. The van der Waals surface area contributed by atoms with E-state index in [9.17, 15) is 24.3 Å². The maximum absolute atomic E-state index is 12.3. The number of carbonyl (C=O) groups is 4. The van der Waals surface area contributed by atoms with Crippen molar-refractivity contribution in [3.05, 3.63) is 70.8 Å². The Morgan fingerprint density at radius 1 is 0.724 bits per heavy atom. The van der Waals surface area contributed by atoms with E-state index in [4.69, 9.17) is 14.7 Å². The molecule has 2 aromatic carbocycles. The molecule has 0 saturated carbocycles. The highest BCUT2D eigenvalue weighted by Crippen LogP contribution is 2.15. The van der Waals surface area contributed by atoms with Crippen molar-refractivity contribution in [2.45, 2.75) is 26.1 Å². The molecule has 0 saturated heterocycles. The lowest BCUT2D eigenvalue weighted by Crippen LogP contribution is -2.46. The summed E-state index contributed by atoms with van der Waals surface area (Å²) in [5.41, 5.74) is 1.73. The van der Waals surface area contributed by atoms with E-state index in [0.717, 1.165) is 11.1 Å². The number of carbonyl (C=O) groups excluding carboxylic acids is 3. The molecule has 0 spiro atoms. The van der Waals surface area contributed by atoms with Crippen molar-refractivity contribution in [3.8, 4) is 0 Å². The van der Waals surface area contributed by atoms with Gasteiger partial charge in [0.1, 0.15) is 0 Å². The van der Waals surface area contributed by atoms with Gasteiger partial charge in [0.05, 0.1) is 11.1 Å². The molecule has 0 amide bonds. The minimum absolute atomic E-state index is 0.0142. The molecule has 152 valence electrons. The van der Waals surface area contributed by atoms with Gasteiger partial charge in [-0.25, -0.2) is 19.2 Å². The fourth-order valence-electron chi connectivity index (χ4n) is 2.27. The summed E-state index contributed by atoms with van der Waals surface area (Å²) in [5.74, 6) is -5.54. The number of ether oxygens (including phenoxy) is 2. The van der Waals surface area contributed by atoms with Gasteiger partial charge < -0.3 is 14.6 Å². The van der Waals surface area contributed by atoms with Crippen LogP contribution in [0.15, 0.2) is 48.5 Å². The average molecular weight is 402 g/mol. The number of benzene rings is 2. The third-order valence-corrected chi connectivity index (χ3v) is 3.88. The highest BCUT2D eigenvalue weighted by atomic mass is 17.1. The highest BCUT2D eigenvalue weighted by molar-refractivity contribution is 5.95. The maximum atomic E-state index is 12.3. The summed E-state index contributed by atoms with van der Waals surface area (Å²) in [6, 6.07) is 12.0. The van der Waals surface area contributed by atoms with E-state index in [0.29, 0.717) is 0 Å². The predicted octanol–water partition coefficient (Wildman–Crippen LogP) is 2.16. The van der Waals surface area contributed by atoms with Crippen LogP contribution in [0.4, 0.5) is 0 Å². The molecule has 0 bridgehead atoms. The van der Waals surface area contributed by atoms with Gasteiger partial charge in [-0.1, -0.05) is 35.4 Å². The Morgan fingerprint density at radius 3 is 1.45 bits per heavy atom. The summed E-state index contributed by atoms with van der Waals surface area (Å²) in [7, 11) is 0. The second-order valence-corrected chi connectivity index (χ2v) is 6.13. The van der Waals surface area contributed by atoms with Gasteiger partial charge in [-0.3, -0.25) is 4.89 Å². The zero-order chi connectivity index (χ0) is 21.6. The number of rotatable bonds is 7. The van der Waals surface area contributed by atoms with Crippen molar-refractivity contribution in [3.63, 3.8) is 0 Å². The molecule has 0 aliphatic carbocycles. The SMILES string of the molecule is Cc1ccc(C(=O)O[C@@H](C(=O)O)[C@@H](OC(=O)c2ccc(C)cc2)C(=O)OO)cc1. The highest BCUT2D eigenvalue weighted by Gasteiger charge is 2.42.